The van der Waals surface area contributed by atoms with E-state index in [4.69, 9.17) is 5.11 Å². The Kier molecular flexibility index (Phi) is 6.79. The van der Waals surface area contributed by atoms with Gasteiger partial charge in [-0.05, 0) is 36.2 Å². The Morgan fingerprint density at radius 2 is 1.73 bits per heavy atom. The zero-order chi connectivity index (χ0) is 21.7. The number of rotatable bonds is 7. The lowest BCUT2D eigenvalue weighted by molar-refractivity contribution is -0.135. The first kappa shape index (κ1) is 21.4. The smallest absolute Gasteiger partial charge is 0.328 e. The number of nitrogens with zero attached hydrogens (tertiary/aromatic N) is 2. The Labute approximate surface area is 181 Å². The van der Waals surface area contributed by atoms with Crippen molar-refractivity contribution in [3.05, 3.63) is 76.8 Å². The molecule has 3 rings (SSSR count). The van der Waals surface area contributed by atoms with Crippen molar-refractivity contribution in [2.24, 2.45) is 0 Å². The predicted octanol–water partition coefficient (Wildman–Crippen LogP) is 2.79. The highest BCUT2D eigenvalue weighted by Crippen LogP contribution is 2.27. The fourth-order valence-corrected chi connectivity index (χ4v) is 3.54. The third-order valence-electron chi connectivity index (χ3n) is 4.72. The highest BCUT2D eigenvalue weighted by molar-refractivity contribution is 9.10. The number of amides is 3. The van der Waals surface area contributed by atoms with E-state index in [9.17, 15) is 19.2 Å². The molecule has 0 bridgehead atoms. The van der Waals surface area contributed by atoms with E-state index in [1.807, 2.05) is 30.3 Å². The molecule has 7 nitrogen and oxygen atoms in total. The van der Waals surface area contributed by atoms with Crippen molar-refractivity contribution in [2.75, 3.05) is 11.4 Å². The Hall–Kier alpha value is -3.26. The number of carbonyl (C=O) groups is 4. The van der Waals surface area contributed by atoms with Gasteiger partial charge in [0.1, 0.15) is 6.04 Å². The topological polar surface area (TPSA) is 95.0 Å². The SMILES string of the molecule is O=C(O)/C=C/C(=O)N(CCc1ccccc1)C1CC(=O)N(c2ccc(Br)cc2)C1=O. The van der Waals surface area contributed by atoms with Crippen LogP contribution in [0.5, 0.6) is 0 Å². The van der Waals surface area contributed by atoms with Crippen molar-refractivity contribution in [3.8, 4) is 0 Å². The molecule has 3 amide bonds. The molecule has 0 spiro atoms. The van der Waals surface area contributed by atoms with Gasteiger partial charge in [0.2, 0.25) is 11.8 Å². The molecule has 30 heavy (non-hydrogen) atoms. The number of carbonyl (C=O) groups excluding carboxylic acids is 3. The molecule has 2 aromatic carbocycles. The van der Waals surface area contributed by atoms with Crippen molar-refractivity contribution in [1.82, 2.24) is 4.90 Å². The highest BCUT2D eigenvalue weighted by Gasteiger charge is 2.43. The molecule has 0 aliphatic carbocycles. The minimum atomic E-state index is -1.27. The number of hydrogen-bond acceptors (Lipinski definition) is 4. The molecular formula is C22H19BrN2O5. The van der Waals surface area contributed by atoms with Crippen LogP contribution in [0.2, 0.25) is 0 Å². The molecule has 1 aliphatic rings. The largest absolute Gasteiger partial charge is 0.478 e. The number of hydrogen-bond donors (Lipinski definition) is 1. The average molecular weight is 471 g/mol. The van der Waals surface area contributed by atoms with E-state index in [2.05, 4.69) is 15.9 Å². The van der Waals surface area contributed by atoms with Gasteiger partial charge in [0.25, 0.3) is 5.91 Å². The molecule has 1 N–H and O–H groups in total. The van der Waals surface area contributed by atoms with Crippen molar-refractivity contribution >= 4 is 45.3 Å². The molecule has 2 aromatic rings. The quantitative estimate of drug-likeness (QED) is 0.495. The molecule has 1 saturated heterocycles. The summed E-state index contributed by atoms with van der Waals surface area (Å²) in [6, 6.07) is 15.1. The monoisotopic (exact) mass is 470 g/mol. The standard InChI is InChI=1S/C22H19BrN2O5/c23-16-6-8-17(9-7-16)25-20(27)14-18(22(25)30)24(19(26)10-11-21(28)29)13-12-15-4-2-1-3-5-15/h1-11,18H,12-14H2,(H,28,29)/b11-10+. The zero-order valence-electron chi connectivity index (χ0n) is 15.9. The number of aliphatic carboxylic acids is 1. The van der Waals surface area contributed by atoms with Crippen molar-refractivity contribution in [2.45, 2.75) is 18.9 Å². The number of carboxylic acid groups (broad SMARTS) is 1. The van der Waals surface area contributed by atoms with Gasteiger partial charge >= 0.3 is 5.97 Å². The summed E-state index contributed by atoms with van der Waals surface area (Å²) in [7, 11) is 0. The first-order chi connectivity index (χ1) is 14.4. The molecule has 1 fully saturated rings. The van der Waals surface area contributed by atoms with Crippen LogP contribution in [0.25, 0.3) is 0 Å². The third-order valence-corrected chi connectivity index (χ3v) is 5.25. The summed E-state index contributed by atoms with van der Waals surface area (Å²) in [6.45, 7) is 0.171. The van der Waals surface area contributed by atoms with Crippen LogP contribution < -0.4 is 4.90 Å². The first-order valence-electron chi connectivity index (χ1n) is 9.24. The maximum atomic E-state index is 13.1. The van der Waals surface area contributed by atoms with Crippen molar-refractivity contribution in [1.29, 1.82) is 0 Å². The Balaban J connectivity index is 1.85. The minimum absolute atomic E-state index is 0.156. The van der Waals surface area contributed by atoms with Crippen LogP contribution in [-0.2, 0) is 25.6 Å². The number of anilines is 1. The molecule has 1 atom stereocenters. The Bertz CT molecular complexity index is 988. The lowest BCUT2D eigenvalue weighted by atomic mass is 10.1. The third kappa shape index (κ3) is 5.01. The van der Waals surface area contributed by atoms with E-state index in [0.29, 0.717) is 12.1 Å². The first-order valence-corrected chi connectivity index (χ1v) is 10.0. The van der Waals surface area contributed by atoms with Crippen molar-refractivity contribution in [3.63, 3.8) is 0 Å². The van der Waals surface area contributed by atoms with E-state index < -0.39 is 29.7 Å². The number of imide groups is 1. The van der Waals surface area contributed by atoms with E-state index >= 15 is 0 Å². The second-order valence-electron chi connectivity index (χ2n) is 6.70. The van der Waals surface area contributed by atoms with Gasteiger partial charge < -0.3 is 10.0 Å². The summed E-state index contributed by atoms with van der Waals surface area (Å²) >= 11 is 3.31. The van der Waals surface area contributed by atoms with Crippen LogP contribution in [0.3, 0.4) is 0 Å². The van der Waals surface area contributed by atoms with E-state index in [1.165, 1.54) is 4.90 Å². The second kappa shape index (κ2) is 9.49. The van der Waals surface area contributed by atoms with Crippen LogP contribution in [0.4, 0.5) is 5.69 Å². The maximum absolute atomic E-state index is 13.1. The van der Waals surface area contributed by atoms with Crippen molar-refractivity contribution < 1.29 is 24.3 Å². The molecule has 1 aliphatic heterocycles. The van der Waals surface area contributed by atoms with E-state index in [0.717, 1.165) is 27.1 Å². The summed E-state index contributed by atoms with van der Waals surface area (Å²) in [5.74, 6) is -2.81. The fourth-order valence-electron chi connectivity index (χ4n) is 3.27. The van der Waals surface area contributed by atoms with Crippen LogP contribution in [0, 0.1) is 0 Å². The molecule has 0 aromatic heterocycles. The zero-order valence-corrected chi connectivity index (χ0v) is 17.5. The lowest BCUT2D eigenvalue weighted by Gasteiger charge is -2.26. The number of carboxylic acids is 1. The molecule has 154 valence electrons. The molecular weight excluding hydrogens is 452 g/mol. The van der Waals surface area contributed by atoms with Gasteiger partial charge in [-0.3, -0.25) is 14.4 Å². The highest BCUT2D eigenvalue weighted by atomic mass is 79.9. The fraction of sp³-hybridized carbons (Fsp3) is 0.182. The molecule has 1 unspecified atom stereocenters. The van der Waals surface area contributed by atoms with Crippen LogP contribution in [-0.4, -0.2) is 46.3 Å². The van der Waals surface area contributed by atoms with E-state index in [-0.39, 0.29) is 13.0 Å². The van der Waals surface area contributed by atoms with E-state index in [1.54, 1.807) is 24.3 Å². The van der Waals surface area contributed by atoms with Crippen LogP contribution >= 0.6 is 15.9 Å². The summed E-state index contributed by atoms with van der Waals surface area (Å²) in [4.78, 5) is 51.5. The Morgan fingerprint density at radius 1 is 1.07 bits per heavy atom. The van der Waals surface area contributed by atoms with Gasteiger partial charge in [0, 0.05) is 23.2 Å². The van der Waals surface area contributed by atoms with Gasteiger partial charge in [-0.25, -0.2) is 9.69 Å². The Morgan fingerprint density at radius 3 is 2.37 bits per heavy atom. The van der Waals surface area contributed by atoms with Gasteiger partial charge in [0.05, 0.1) is 12.1 Å². The maximum Gasteiger partial charge on any atom is 0.328 e. The van der Waals surface area contributed by atoms with Gasteiger partial charge in [-0.1, -0.05) is 46.3 Å². The average Bonchev–Trinajstić information content (AvgIpc) is 3.02. The predicted molar refractivity (Wildman–Crippen MR) is 114 cm³/mol. The molecule has 0 radical (unpaired) electrons. The van der Waals surface area contributed by atoms with Gasteiger partial charge in [-0.2, -0.15) is 0 Å². The normalized spacial score (nSPS) is 16.3. The summed E-state index contributed by atoms with van der Waals surface area (Å²) in [5.41, 5.74) is 1.38. The number of halogens is 1. The number of benzene rings is 2. The lowest BCUT2D eigenvalue weighted by Crippen LogP contribution is -2.45. The summed E-state index contributed by atoms with van der Waals surface area (Å²) in [6.07, 6.45) is 1.94. The van der Waals surface area contributed by atoms with Gasteiger partial charge in [0.15, 0.2) is 0 Å². The minimum Gasteiger partial charge on any atom is -0.478 e. The van der Waals surface area contributed by atoms with Crippen LogP contribution in [0.15, 0.2) is 71.2 Å². The molecule has 0 saturated carbocycles. The second-order valence-corrected chi connectivity index (χ2v) is 7.62. The summed E-state index contributed by atoms with van der Waals surface area (Å²) < 4.78 is 0.806. The van der Waals surface area contributed by atoms with Crippen LogP contribution in [0.1, 0.15) is 12.0 Å². The van der Waals surface area contributed by atoms with Gasteiger partial charge in [-0.15, -0.1) is 0 Å². The molecule has 1 heterocycles. The summed E-state index contributed by atoms with van der Waals surface area (Å²) in [5, 5.41) is 8.83. The molecule has 8 heteroatoms.